The van der Waals surface area contributed by atoms with Crippen LogP contribution in [0.4, 0.5) is 5.69 Å². The van der Waals surface area contributed by atoms with E-state index in [2.05, 4.69) is 5.32 Å². The molecule has 18 heavy (non-hydrogen) atoms. The minimum absolute atomic E-state index is 0.0289. The van der Waals surface area contributed by atoms with Crippen LogP contribution in [0.1, 0.15) is 18.9 Å². The standard InChI is InChI=1S/C14H20N2O2/c1-3-14(18)9-16(10-14)8-13(17)15-12-6-4-5-11(2)7-12/h4-7,18H,3,8-10H2,1-2H3,(H,15,17). The molecule has 1 amide bonds. The van der Waals surface area contributed by atoms with Gasteiger partial charge in [-0.1, -0.05) is 19.1 Å². The summed E-state index contributed by atoms with van der Waals surface area (Å²) < 4.78 is 0. The molecule has 2 rings (SSSR count). The molecule has 2 N–H and O–H groups in total. The van der Waals surface area contributed by atoms with Gasteiger partial charge in [0.25, 0.3) is 0 Å². The Morgan fingerprint density at radius 3 is 2.83 bits per heavy atom. The highest BCUT2D eigenvalue weighted by atomic mass is 16.3. The second kappa shape index (κ2) is 5.08. The van der Waals surface area contributed by atoms with Gasteiger partial charge in [0.05, 0.1) is 12.1 Å². The quantitative estimate of drug-likeness (QED) is 0.846. The summed E-state index contributed by atoms with van der Waals surface area (Å²) in [6, 6.07) is 7.73. The number of hydrogen-bond donors (Lipinski definition) is 2. The molecule has 1 aliphatic rings. The van der Waals surface area contributed by atoms with Crippen molar-refractivity contribution in [3.05, 3.63) is 29.8 Å². The summed E-state index contributed by atoms with van der Waals surface area (Å²) in [5.41, 5.74) is 1.37. The Kier molecular flexibility index (Phi) is 3.68. The number of nitrogens with zero attached hydrogens (tertiary/aromatic N) is 1. The first kappa shape index (κ1) is 13.1. The van der Waals surface area contributed by atoms with Gasteiger partial charge in [0.15, 0.2) is 0 Å². The van der Waals surface area contributed by atoms with Crippen LogP contribution in [0.5, 0.6) is 0 Å². The molecular weight excluding hydrogens is 228 g/mol. The summed E-state index contributed by atoms with van der Waals surface area (Å²) in [5.74, 6) is -0.0289. The van der Waals surface area contributed by atoms with Gasteiger partial charge in [-0.15, -0.1) is 0 Å². The summed E-state index contributed by atoms with van der Waals surface area (Å²) in [5, 5.41) is 12.7. The molecule has 1 aromatic carbocycles. The van der Waals surface area contributed by atoms with Crippen LogP contribution in [0.2, 0.25) is 0 Å². The van der Waals surface area contributed by atoms with E-state index in [1.807, 2.05) is 43.0 Å². The van der Waals surface area contributed by atoms with Gasteiger partial charge in [0.2, 0.25) is 5.91 Å². The maximum atomic E-state index is 11.8. The molecule has 1 aromatic rings. The molecule has 1 fully saturated rings. The Bertz CT molecular complexity index is 439. The Balaban J connectivity index is 1.80. The monoisotopic (exact) mass is 248 g/mol. The number of aliphatic hydroxyl groups is 1. The molecule has 0 bridgehead atoms. The van der Waals surface area contributed by atoms with E-state index in [9.17, 15) is 9.90 Å². The molecule has 98 valence electrons. The van der Waals surface area contributed by atoms with Crippen molar-refractivity contribution < 1.29 is 9.90 Å². The minimum atomic E-state index is -0.580. The Hall–Kier alpha value is -1.39. The van der Waals surface area contributed by atoms with E-state index >= 15 is 0 Å². The molecule has 0 unspecified atom stereocenters. The first-order valence-electron chi connectivity index (χ1n) is 6.32. The number of carbonyl (C=O) groups is 1. The number of β-amino-alcohol motifs (C(OH)–C–C–N with tert-alkyl or cyclic N) is 1. The maximum Gasteiger partial charge on any atom is 0.238 e. The minimum Gasteiger partial charge on any atom is -0.387 e. The average Bonchev–Trinajstić information content (AvgIpc) is 2.26. The second-order valence-corrected chi connectivity index (χ2v) is 5.14. The molecule has 1 saturated heterocycles. The van der Waals surface area contributed by atoms with Crippen molar-refractivity contribution >= 4 is 11.6 Å². The Labute approximate surface area is 108 Å². The predicted octanol–water partition coefficient (Wildman–Crippen LogP) is 1.39. The molecule has 0 spiro atoms. The molecule has 0 radical (unpaired) electrons. The van der Waals surface area contributed by atoms with Crippen LogP contribution in [-0.2, 0) is 4.79 Å². The van der Waals surface area contributed by atoms with Crippen molar-refractivity contribution in [3.8, 4) is 0 Å². The predicted molar refractivity (Wildman–Crippen MR) is 71.5 cm³/mol. The number of anilines is 1. The highest BCUT2D eigenvalue weighted by Crippen LogP contribution is 2.23. The topological polar surface area (TPSA) is 52.6 Å². The van der Waals surface area contributed by atoms with Gasteiger partial charge < -0.3 is 10.4 Å². The van der Waals surface area contributed by atoms with Crippen LogP contribution in [0.15, 0.2) is 24.3 Å². The third-order valence-electron chi connectivity index (χ3n) is 3.36. The maximum absolute atomic E-state index is 11.8. The van der Waals surface area contributed by atoms with Gasteiger partial charge in [-0.3, -0.25) is 9.69 Å². The molecule has 4 heteroatoms. The summed E-state index contributed by atoms with van der Waals surface area (Å²) in [6.07, 6.45) is 0.739. The molecule has 1 aliphatic heterocycles. The number of carbonyl (C=O) groups excluding carboxylic acids is 1. The van der Waals surface area contributed by atoms with E-state index in [0.717, 1.165) is 17.7 Å². The Morgan fingerprint density at radius 2 is 2.22 bits per heavy atom. The summed E-state index contributed by atoms with van der Waals surface area (Å²) >= 11 is 0. The van der Waals surface area contributed by atoms with Crippen molar-refractivity contribution in [3.63, 3.8) is 0 Å². The van der Waals surface area contributed by atoms with Crippen LogP contribution < -0.4 is 5.32 Å². The van der Waals surface area contributed by atoms with Crippen molar-refractivity contribution in [2.75, 3.05) is 25.0 Å². The lowest BCUT2D eigenvalue weighted by atomic mass is 9.91. The highest BCUT2D eigenvalue weighted by molar-refractivity contribution is 5.92. The first-order chi connectivity index (χ1) is 8.50. The van der Waals surface area contributed by atoms with Crippen LogP contribution in [0.3, 0.4) is 0 Å². The summed E-state index contributed by atoms with van der Waals surface area (Å²) in [6.45, 7) is 5.47. The van der Waals surface area contributed by atoms with E-state index in [-0.39, 0.29) is 5.91 Å². The molecule has 0 saturated carbocycles. The number of nitrogens with one attached hydrogen (secondary N) is 1. The smallest absolute Gasteiger partial charge is 0.238 e. The lowest BCUT2D eigenvalue weighted by Crippen LogP contribution is -2.62. The van der Waals surface area contributed by atoms with Gasteiger partial charge in [0, 0.05) is 18.8 Å². The van der Waals surface area contributed by atoms with Gasteiger partial charge in [-0.05, 0) is 31.0 Å². The molecule has 0 aromatic heterocycles. The van der Waals surface area contributed by atoms with E-state index < -0.39 is 5.60 Å². The van der Waals surface area contributed by atoms with E-state index in [0.29, 0.717) is 19.6 Å². The van der Waals surface area contributed by atoms with Gasteiger partial charge in [-0.2, -0.15) is 0 Å². The largest absolute Gasteiger partial charge is 0.387 e. The zero-order valence-electron chi connectivity index (χ0n) is 10.9. The third kappa shape index (κ3) is 3.09. The highest BCUT2D eigenvalue weighted by Gasteiger charge is 2.39. The fourth-order valence-electron chi connectivity index (χ4n) is 2.25. The van der Waals surface area contributed by atoms with Gasteiger partial charge in [-0.25, -0.2) is 0 Å². The number of rotatable bonds is 4. The van der Waals surface area contributed by atoms with Crippen LogP contribution in [-0.4, -0.2) is 41.1 Å². The SMILES string of the molecule is CCC1(O)CN(CC(=O)Nc2cccc(C)c2)C1. The van der Waals surface area contributed by atoms with E-state index in [1.165, 1.54) is 0 Å². The average molecular weight is 248 g/mol. The number of likely N-dealkylation sites (tertiary alicyclic amines) is 1. The van der Waals surface area contributed by atoms with Crippen LogP contribution >= 0.6 is 0 Å². The number of aryl methyl sites for hydroxylation is 1. The summed E-state index contributed by atoms with van der Waals surface area (Å²) in [4.78, 5) is 13.7. The first-order valence-corrected chi connectivity index (χ1v) is 6.32. The fraction of sp³-hybridized carbons (Fsp3) is 0.500. The van der Waals surface area contributed by atoms with E-state index in [1.54, 1.807) is 0 Å². The van der Waals surface area contributed by atoms with Crippen LogP contribution in [0.25, 0.3) is 0 Å². The second-order valence-electron chi connectivity index (χ2n) is 5.14. The Morgan fingerprint density at radius 1 is 1.50 bits per heavy atom. The van der Waals surface area contributed by atoms with E-state index in [4.69, 9.17) is 0 Å². The summed E-state index contributed by atoms with van der Waals surface area (Å²) in [7, 11) is 0. The third-order valence-corrected chi connectivity index (χ3v) is 3.36. The molecular formula is C14H20N2O2. The van der Waals surface area contributed by atoms with Gasteiger partial charge in [0.1, 0.15) is 0 Å². The molecule has 0 atom stereocenters. The fourth-order valence-corrected chi connectivity index (χ4v) is 2.25. The number of hydrogen-bond acceptors (Lipinski definition) is 3. The molecule has 0 aliphatic carbocycles. The lowest BCUT2D eigenvalue weighted by Gasteiger charge is -2.45. The molecule has 4 nitrogen and oxygen atoms in total. The zero-order chi connectivity index (χ0) is 13.2. The normalized spacial score (nSPS) is 18.2. The van der Waals surface area contributed by atoms with Gasteiger partial charge >= 0.3 is 0 Å². The zero-order valence-corrected chi connectivity index (χ0v) is 10.9. The van der Waals surface area contributed by atoms with Crippen molar-refractivity contribution in [1.82, 2.24) is 4.90 Å². The number of benzene rings is 1. The van der Waals surface area contributed by atoms with Crippen LogP contribution in [0, 0.1) is 6.92 Å². The molecule has 1 heterocycles. The van der Waals surface area contributed by atoms with Crippen molar-refractivity contribution in [2.24, 2.45) is 0 Å². The van der Waals surface area contributed by atoms with Crippen molar-refractivity contribution in [2.45, 2.75) is 25.9 Å². The lowest BCUT2D eigenvalue weighted by molar-refractivity contribution is -0.128. The van der Waals surface area contributed by atoms with Crippen molar-refractivity contribution in [1.29, 1.82) is 0 Å². The number of amides is 1.